The molecule has 0 amide bonds. The van der Waals surface area contributed by atoms with Gasteiger partial charge in [0, 0.05) is 10.5 Å². The van der Waals surface area contributed by atoms with Gasteiger partial charge in [0.05, 0.1) is 6.42 Å². The minimum Gasteiger partial charge on any atom is -0.481 e. The van der Waals surface area contributed by atoms with Gasteiger partial charge in [-0.2, -0.15) is 0 Å². The molecule has 1 rings (SSSR count). The molecule has 0 aromatic heterocycles. The first-order valence-corrected chi connectivity index (χ1v) is 4.49. The normalized spacial score (nSPS) is 9.00. The van der Waals surface area contributed by atoms with E-state index in [1.807, 2.05) is 0 Å². The van der Waals surface area contributed by atoms with Gasteiger partial charge in [-0.1, -0.05) is 18.1 Å². The number of carboxylic acids is 1. The molecule has 0 unspecified atom stereocenters. The Morgan fingerprint density at radius 1 is 1.50 bits per heavy atom. The monoisotopic (exact) mass is 219 g/mol. The zero-order valence-electron chi connectivity index (χ0n) is 8.34. The average Bonchev–Trinajstić information content (AvgIpc) is 2.16. The van der Waals surface area contributed by atoms with Gasteiger partial charge in [-0.25, -0.2) is 0 Å². The van der Waals surface area contributed by atoms with Crippen molar-refractivity contribution in [3.63, 3.8) is 0 Å². The lowest BCUT2D eigenvalue weighted by atomic mass is 10.1. The summed E-state index contributed by atoms with van der Waals surface area (Å²) in [5, 5.41) is 18.6. The molecule has 0 saturated heterocycles. The van der Waals surface area contributed by atoms with Crippen molar-refractivity contribution in [2.24, 2.45) is 0 Å². The molecular formula is C11H9NO4. The summed E-state index contributed by atoms with van der Waals surface area (Å²) in [6, 6.07) is 6.64. The molecule has 0 aliphatic rings. The summed E-state index contributed by atoms with van der Waals surface area (Å²) in [6.07, 6.45) is -0.0786. The number of carbonyl (C=O) groups is 1. The summed E-state index contributed by atoms with van der Waals surface area (Å²) in [4.78, 5) is 20.0. The molecule has 0 aliphatic carbocycles. The van der Waals surface area contributed by atoms with Gasteiger partial charge < -0.3 is 5.11 Å². The number of hydrogen-bond donors (Lipinski definition) is 1. The van der Waals surface area contributed by atoms with E-state index in [2.05, 4.69) is 11.8 Å². The predicted octanol–water partition coefficient (Wildman–Crippen LogP) is 0.942. The van der Waals surface area contributed by atoms with Crippen LogP contribution in [0.25, 0.3) is 0 Å². The van der Waals surface area contributed by atoms with E-state index in [4.69, 9.17) is 5.11 Å². The molecule has 82 valence electrons. The highest BCUT2D eigenvalue weighted by atomic mass is 16.6. The topological polar surface area (TPSA) is 80.4 Å². The number of nitro groups is 1. The predicted molar refractivity (Wildman–Crippen MR) is 56.5 cm³/mol. The average molecular weight is 219 g/mol. The second kappa shape index (κ2) is 5.51. The molecule has 16 heavy (non-hydrogen) atoms. The van der Waals surface area contributed by atoms with Crippen LogP contribution in [0.15, 0.2) is 24.3 Å². The van der Waals surface area contributed by atoms with Gasteiger partial charge in [0.2, 0.25) is 0 Å². The third-order valence-corrected chi connectivity index (χ3v) is 1.72. The third kappa shape index (κ3) is 4.24. The molecule has 1 aromatic rings. The fourth-order valence-electron chi connectivity index (χ4n) is 1.14. The molecule has 1 N–H and O–H groups in total. The van der Waals surface area contributed by atoms with Crippen LogP contribution in [0.4, 0.5) is 0 Å². The summed E-state index contributed by atoms with van der Waals surface area (Å²) >= 11 is 0. The molecule has 0 radical (unpaired) electrons. The van der Waals surface area contributed by atoms with E-state index in [9.17, 15) is 14.9 Å². The molecule has 5 heteroatoms. The second-order valence-corrected chi connectivity index (χ2v) is 3.06. The Balaban J connectivity index is 2.76. The first kappa shape index (κ1) is 11.7. The van der Waals surface area contributed by atoms with E-state index in [1.165, 1.54) is 0 Å². The lowest BCUT2D eigenvalue weighted by Crippen LogP contribution is -2.00. The van der Waals surface area contributed by atoms with Crippen molar-refractivity contribution in [2.45, 2.75) is 6.42 Å². The Morgan fingerprint density at radius 3 is 2.88 bits per heavy atom. The number of carboxylic acid groups (broad SMARTS) is 1. The Kier molecular flexibility index (Phi) is 4.04. The summed E-state index contributed by atoms with van der Waals surface area (Å²) in [5.41, 5.74) is 1.21. The van der Waals surface area contributed by atoms with Gasteiger partial charge in [0.15, 0.2) is 0 Å². The van der Waals surface area contributed by atoms with E-state index >= 15 is 0 Å². The zero-order valence-corrected chi connectivity index (χ0v) is 8.34. The van der Waals surface area contributed by atoms with Gasteiger partial charge in [-0.15, -0.1) is 0 Å². The van der Waals surface area contributed by atoms with Gasteiger partial charge >= 0.3 is 5.97 Å². The van der Waals surface area contributed by atoms with Crippen LogP contribution in [-0.2, 0) is 11.2 Å². The van der Waals surface area contributed by atoms with E-state index in [0.717, 1.165) is 0 Å². The van der Waals surface area contributed by atoms with Crippen molar-refractivity contribution in [1.82, 2.24) is 0 Å². The summed E-state index contributed by atoms with van der Waals surface area (Å²) in [5.74, 6) is 4.07. The van der Waals surface area contributed by atoms with Crippen LogP contribution in [0.1, 0.15) is 11.1 Å². The lowest BCUT2D eigenvalue weighted by Gasteiger charge is -1.96. The molecule has 0 heterocycles. The number of nitrogens with zero attached hydrogens (tertiary/aromatic N) is 1. The first-order chi connectivity index (χ1) is 7.58. The largest absolute Gasteiger partial charge is 0.481 e. The Morgan fingerprint density at radius 2 is 2.25 bits per heavy atom. The molecule has 0 bridgehead atoms. The molecule has 0 spiro atoms. The standard InChI is InChI=1S/C11H9NO4/c13-11(14)8-10-4-1-3-9(7-10)5-2-6-12(15)16/h1,3-4,7H,6,8H2,(H,13,14). The highest BCUT2D eigenvalue weighted by Gasteiger charge is 2.00. The molecule has 5 nitrogen and oxygen atoms in total. The summed E-state index contributed by atoms with van der Waals surface area (Å²) in [6.45, 7) is -0.414. The molecule has 0 fully saturated rings. The van der Waals surface area contributed by atoms with Crippen molar-refractivity contribution in [3.05, 3.63) is 45.5 Å². The van der Waals surface area contributed by atoms with Crippen LogP contribution in [0, 0.1) is 22.0 Å². The number of benzene rings is 1. The van der Waals surface area contributed by atoms with Crippen LogP contribution in [0.5, 0.6) is 0 Å². The van der Waals surface area contributed by atoms with Gasteiger partial charge in [0.25, 0.3) is 6.54 Å². The van der Waals surface area contributed by atoms with E-state index in [0.29, 0.717) is 11.1 Å². The Bertz CT molecular complexity index is 470. The van der Waals surface area contributed by atoms with Crippen LogP contribution >= 0.6 is 0 Å². The summed E-state index contributed by atoms with van der Waals surface area (Å²) < 4.78 is 0. The molecule has 0 saturated carbocycles. The van der Waals surface area contributed by atoms with E-state index < -0.39 is 17.4 Å². The SMILES string of the molecule is O=C(O)Cc1cccc(C#CC[N+](=O)[O-])c1. The maximum absolute atomic E-state index is 10.5. The van der Waals surface area contributed by atoms with Crippen molar-refractivity contribution < 1.29 is 14.8 Å². The molecule has 1 aromatic carbocycles. The first-order valence-electron chi connectivity index (χ1n) is 4.49. The minimum atomic E-state index is -0.921. The van der Waals surface area contributed by atoms with Crippen molar-refractivity contribution in [3.8, 4) is 11.8 Å². The van der Waals surface area contributed by atoms with Gasteiger partial charge in [-0.3, -0.25) is 14.9 Å². The van der Waals surface area contributed by atoms with Gasteiger partial charge in [0.1, 0.15) is 0 Å². The van der Waals surface area contributed by atoms with Crippen LogP contribution in [0.2, 0.25) is 0 Å². The van der Waals surface area contributed by atoms with Crippen LogP contribution in [0.3, 0.4) is 0 Å². The van der Waals surface area contributed by atoms with E-state index in [-0.39, 0.29) is 6.42 Å². The quantitative estimate of drug-likeness (QED) is 0.466. The fourth-order valence-corrected chi connectivity index (χ4v) is 1.14. The number of rotatable bonds is 3. The van der Waals surface area contributed by atoms with Crippen LogP contribution in [-0.4, -0.2) is 22.5 Å². The fraction of sp³-hybridized carbons (Fsp3) is 0.182. The van der Waals surface area contributed by atoms with Crippen molar-refractivity contribution >= 4 is 5.97 Å². The van der Waals surface area contributed by atoms with Crippen molar-refractivity contribution in [2.75, 3.05) is 6.54 Å². The zero-order chi connectivity index (χ0) is 12.0. The maximum atomic E-state index is 10.5. The number of hydrogen-bond acceptors (Lipinski definition) is 3. The minimum absolute atomic E-state index is 0.0786. The highest BCUT2D eigenvalue weighted by molar-refractivity contribution is 5.70. The molecule has 0 atom stereocenters. The summed E-state index contributed by atoms with van der Waals surface area (Å²) in [7, 11) is 0. The van der Waals surface area contributed by atoms with Crippen LogP contribution < -0.4 is 0 Å². The Labute approximate surface area is 91.9 Å². The number of aliphatic carboxylic acids is 1. The smallest absolute Gasteiger partial charge is 0.307 e. The molecule has 0 aliphatic heterocycles. The molecular weight excluding hydrogens is 210 g/mol. The lowest BCUT2D eigenvalue weighted by molar-refractivity contribution is -0.466. The van der Waals surface area contributed by atoms with Crippen molar-refractivity contribution in [1.29, 1.82) is 0 Å². The van der Waals surface area contributed by atoms with Gasteiger partial charge in [-0.05, 0) is 23.6 Å². The highest BCUT2D eigenvalue weighted by Crippen LogP contribution is 2.04. The third-order valence-electron chi connectivity index (χ3n) is 1.72. The van der Waals surface area contributed by atoms with E-state index in [1.54, 1.807) is 24.3 Å². The maximum Gasteiger partial charge on any atom is 0.307 e. The Hall–Kier alpha value is -2.35. The second-order valence-electron chi connectivity index (χ2n) is 3.06.